The van der Waals surface area contributed by atoms with Crippen LogP contribution >= 0.6 is 11.3 Å². The van der Waals surface area contributed by atoms with E-state index in [1.807, 2.05) is 17.5 Å². The number of likely N-dealkylation sites (tertiary alicyclic amines) is 1. The van der Waals surface area contributed by atoms with Crippen molar-refractivity contribution >= 4 is 38.9 Å². The van der Waals surface area contributed by atoms with Crippen LogP contribution < -0.4 is 5.32 Å². The third kappa shape index (κ3) is 4.98. The molecule has 1 aromatic heterocycles. The second-order valence-electron chi connectivity index (χ2n) is 7.57. The minimum absolute atomic E-state index is 0.0194. The Balaban J connectivity index is 1.31. The second-order valence-corrected chi connectivity index (χ2v) is 10.5. The van der Waals surface area contributed by atoms with Crippen molar-refractivity contribution in [3.63, 3.8) is 0 Å². The van der Waals surface area contributed by atoms with Gasteiger partial charge in [-0.3, -0.25) is 9.59 Å². The summed E-state index contributed by atoms with van der Waals surface area (Å²) in [6.45, 7) is 2.57. The zero-order valence-electron chi connectivity index (χ0n) is 17.0. The molecule has 0 aliphatic carbocycles. The standard InChI is InChI=1S/C21H25N3O5S2/c25-20(16-7-9-23(10-8-16)21(26)19-2-1-15-30-19)22-17-3-5-18(6-4-17)31(27,28)24-11-13-29-14-12-24/h1-6,15-16H,7-14H2,(H,22,25). The number of sulfonamides is 1. The zero-order chi connectivity index (χ0) is 21.8. The monoisotopic (exact) mass is 463 g/mol. The lowest BCUT2D eigenvalue weighted by atomic mass is 9.95. The van der Waals surface area contributed by atoms with Crippen molar-refractivity contribution in [1.82, 2.24) is 9.21 Å². The first-order valence-corrected chi connectivity index (χ1v) is 12.6. The lowest BCUT2D eigenvalue weighted by Gasteiger charge is -2.31. The van der Waals surface area contributed by atoms with E-state index in [-0.39, 0.29) is 22.6 Å². The molecule has 0 atom stereocenters. The average Bonchev–Trinajstić information content (AvgIpc) is 3.35. The summed E-state index contributed by atoms with van der Waals surface area (Å²) in [6.07, 6.45) is 1.21. The molecule has 0 bridgehead atoms. The largest absolute Gasteiger partial charge is 0.379 e. The molecule has 2 aliphatic heterocycles. The van der Waals surface area contributed by atoms with E-state index in [2.05, 4.69) is 5.32 Å². The van der Waals surface area contributed by atoms with Gasteiger partial charge in [0.15, 0.2) is 0 Å². The number of piperidine rings is 1. The van der Waals surface area contributed by atoms with E-state index in [1.54, 1.807) is 17.0 Å². The van der Waals surface area contributed by atoms with Gasteiger partial charge in [0, 0.05) is 37.8 Å². The Bertz CT molecular complexity index is 1010. The van der Waals surface area contributed by atoms with Crippen LogP contribution in [-0.4, -0.2) is 68.8 Å². The van der Waals surface area contributed by atoms with E-state index in [0.29, 0.717) is 57.9 Å². The number of ether oxygens (including phenoxy) is 1. The average molecular weight is 464 g/mol. The van der Waals surface area contributed by atoms with Crippen LogP contribution in [0.15, 0.2) is 46.7 Å². The van der Waals surface area contributed by atoms with E-state index >= 15 is 0 Å². The first kappa shape index (κ1) is 21.9. The molecule has 2 aliphatic rings. The van der Waals surface area contributed by atoms with Gasteiger partial charge >= 0.3 is 0 Å². The molecule has 10 heteroatoms. The summed E-state index contributed by atoms with van der Waals surface area (Å²) >= 11 is 1.42. The normalized spacial score (nSPS) is 18.6. The van der Waals surface area contributed by atoms with E-state index in [4.69, 9.17) is 4.74 Å². The smallest absolute Gasteiger partial charge is 0.263 e. The highest BCUT2D eigenvalue weighted by atomic mass is 32.2. The van der Waals surface area contributed by atoms with Gasteiger partial charge in [0.25, 0.3) is 5.91 Å². The molecule has 4 rings (SSSR count). The van der Waals surface area contributed by atoms with Crippen LogP contribution in [0.5, 0.6) is 0 Å². The van der Waals surface area contributed by atoms with Crippen molar-refractivity contribution in [3.05, 3.63) is 46.7 Å². The van der Waals surface area contributed by atoms with Gasteiger partial charge in [-0.1, -0.05) is 6.07 Å². The maximum atomic E-state index is 12.7. The molecular weight excluding hydrogens is 438 g/mol. The summed E-state index contributed by atoms with van der Waals surface area (Å²) in [5.41, 5.74) is 0.558. The van der Waals surface area contributed by atoms with Gasteiger partial charge in [-0.2, -0.15) is 4.31 Å². The minimum Gasteiger partial charge on any atom is -0.379 e. The van der Waals surface area contributed by atoms with Gasteiger partial charge in [0.2, 0.25) is 15.9 Å². The summed E-state index contributed by atoms with van der Waals surface area (Å²) in [6, 6.07) is 9.93. The van der Waals surface area contributed by atoms with Crippen LogP contribution in [0.25, 0.3) is 0 Å². The minimum atomic E-state index is -3.56. The van der Waals surface area contributed by atoms with Crippen molar-refractivity contribution < 1.29 is 22.7 Å². The van der Waals surface area contributed by atoms with Crippen LogP contribution in [0.4, 0.5) is 5.69 Å². The molecular formula is C21H25N3O5S2. The van der Waals surface area contributed by atoms with E-state index in [9.17, 15) is 18.0 Å². The van der Waals surface area contributed by atoms with E-state index < -0.39 is 10.0 Å². The molecule has 2 saturated heterocycles. The molecule has 0 spiro atoms. The SMILES string of the molecule is O=C(Nc1ccc(S(=O)(=O)N2CCOCC2)cc1)C1CCN(C(=O)c2cccs2)CC1. The zero-order valence-corrected chi connectivity index (χ0v) is 18.7. The fourth-order valence-electron chi connectivity index (χ4n) is 3.79. The topological polar surface area (TPSA) is 96.0 Å². The number of thiophene rings is 1. The van der Waals surface area contributed by atoms with E-state index in [0.717, 1.165) is 4.88 Å². The molecule has 0 unspecified atom stereocenters. The number of anilines is 1. The lowest BCUT2D eigenvalue weighted by Crippen LogP contribution is -2.41. The number of nitrogens with zero attached hydrogens (tertiary/aromatic N) is 2. The summed E-state index contributed by atoms with van der Waals surface area (Å²) in [5, 5.41) is 4.75. The second kappa shape index (κ2) is 9.47. The molecule has 2 fully saturated rings. The third-order valence-electron chi connectivity index (χ3n) is 5.61. The molecule has 2 aromatic rings. The number of carbonyl (C=O) groups is 2. The highest BCUT2D eigenvalue weighted by Crippen LogP contribution is 2.23. The Labute approximate surface area is 185 Å². The number of benzene rings is 1. The maximum absolute atomic E-state index is 12.7. The number of amides is 2. The van der Waals surface area contributed by atoms with E-state index in [1.165, 1.54) is 27.8 Å². The number of nitrogens with one attached hydrogen (secondary N) is 1. The number of hydrogen-bond donors (Lipinski definition) is 1. The highest BCUT2D eigenvalue weighted by Gasteiger charge is 2.29. The Morgan fingerprint density at radius 2 is 1.68 bits per heavy atom. The summed E-state index contributed by atoms with van der Waals surface area (Å²) < 4.78 is 32.0. The van der Waals surface area contributed by atoms with Gasteiger partial charge in [-0.05, 0) is 48.6 Å². The Morgan fingerprint density at radius 1 is 1.00 bits per heavy atom. The Morgan fingerprint density at radius 3 is 2.29 bits per heavy atom. The van der Waals surface area contributed by atoms with Gasteiger partial charge in [-0.25, -0.2) is 8.42 Å². The summed E-state index contributed by atoms with van der Waals surface area (Å²) in [5.74, 6) is -0.262. The predicted molar refractivity (Wildman–Crippen MR) is 118 cm³/mol. The number of hydrogen-bond acceptors (Lipinski definition) is 6. The maximum Gasteiger partial charge on any atom is 0.263 e. The van der Waals surface area contributed by atoms with Gasteiger partial charge in [0.1, 0.15) is 0 Å². The summed E-state index contributed by atoms with van der Waals surface area (Å²) in [7, 11) is -3.56. The summed E-state index contributed by atoms with van der Waals surface area (Å²) in [4.78, 5) is 27.8. The first-order chi connectivity index (χ1) is 14.9. The Hall–Kier alpha value is -2.27. The fourth-order valence-corrected chi connectivity index (χ4v) is 5.89. The van der Waals surface area contributed by atoms with Crippen LogP contribution in [-0.2, 0) is 19.6 Å². The van der Waals surface area contributed by atoms with Crippen molar-refractivity contribution in [1.29, 1.82) is 0 Å². The van der Waals surface area contributed by atoms with Crippen molar-refractivity contribution in [2.75, 3.05) is 44.7 Å². The molecule has 8 nitrogen and oxygen atoms in total. The number of morpholine rings is 1. The predicted octanol–water partition coefficient (Wildman–Crippen LogP) is 2.26. The molecule has 2 amide bonds. The lowest BCUT2D eigenvalue weighted by molar-refractivity contribution is -0.121. The first-order valence-electron chi connectivity index (χ1n) is 10.3. The highest BCUT2D eigenvalue weighted by molar-refractivity contribution is 7.89. The number of rotatable bonds is 5. The molecule has 31 heavy (non-hydrogen) atoms. The fraction of sp³-hybridized carbons (Fsp3) is 0.429. The van der Waals surface area contributed by atoms with Crippen molar-refractivity contribution in [2.45, 2.75) is 17.7 Å². The molecule has 0 radical (unpaired) electrons. The molecule has 0 saturated carbocycles. The van der Waals surface area contributed by atoms with Gasteiger partial charge < -0.3 is 15.0 Å². The van der Waals surface area contributed by atoms with Crippen LogP contribution in [0.2, 0.25) is 0 Å². The molecule has 166 valence electrons. The third-order valence-corrected chi connectivity index (χ3v) is 8.39. The number of carbonyl (C=O) groups excluding carboxylic acids is 2. The van der Waals surface area contributed by atoms with Gasteiger partial charge in [-0.15, -0.1) is 11.3 Å². The van der Waals surface area contributed by atoms with Crippen LogP contribution in [0.1, 0.15) is 22.5 Å². The molecule has 1 N–H and O–H groups in total. The van der Waals surface area contributed by atoms with Crippen LogP contribution in [0, 0.1) is 5.92 Å². The Kier molecular flexibility index (Phi) is 6.71. The quantitative estimate of drug-likeness (QED) is 0.734. The molecule has 3 heterocycles. The van der Waals surface area contributed by atoms with Crippen molar-refractivity contribution in [3.8, 4) is 0 Å². The van der Waals surface area contributed by atoms with Crippen LogP contribution in [0.3, 0.4) is 0 Å². The van der Waals surface area contributed by atoms with Gasteiger partial charge in [0.05, 0.1) is 23.0 Å². The van der Waals surface area contributed by atoms with Crippen molar-refractivity contribution in [2.24, 2.45) is 5.92 Å². The molecule has 1 aromatic carbocycles.